The number of carboxylic acids is 1. The van der Waals surface area contributed by atoms with Crippen LogP contribution < -0.4 is 5.32 Å². The van der Waals surface area contributed by atoms with Gasteiger partial charge in [-0.2, -0.15) is 0 Å². The third-order valence-corrected chi connectivity index (χ3v) is 2.87. The van der Waals surface area contributed by atoms with Crippen LogP contribution in [0, 0.1) is 5.92 Å². The molecule has 2 atom stereocenters. The van der Waals surface area contributed by atoms with Crippen LogP contribution in [0.5, 0.6) is 0 Å². The van der Waals surface area contributed by atoms with Crippen molar-refractivity contribution in [3.63, 3.8) is 0 Å². The van der Waals surface area contributed by atoms with Crippen LogP contribution in [0.2, 0.25) is 5.22 Å². The number of hydrogen-bond donors (Lipinski definition) is 2. The topological polar surface area (TPSA) is 79.5 Å². The Morgan fingerprint density at radius 1 is 1.47 bits per heavy atom. The molecule has 2 N–H and O–H groups in total. The van der Waals surface area contributed by atoms with Crippen molar-refractivity contribution < 1.29 is 19.1 Å². The number of halogens is 1. The number of carbonyl (C=O) groups is 2. The normalized spacial score (nSPS) is 22.6. The van der Waals surface area contributed by atoms with Crippen molar-refractivity contribution in [1.29, 1.82) is 0 Å². The Hall–Kier alpha value is -1.75. The minimum Gasteiger partial charge on any atom is -0.481 e. The Balaban J connectivity index is 1.96. The molecule has 1 aliphatic carbocycles. The molecule has 0 radical (unpaired) electrons. The average molecular weight is 256 g/mol. The summed E-state index contributed by atoms with van der Waals surface area (Å²) < 4.78 is 4.80. The second kappa shape index (κ2) is 4.63. The molecule has 6 heteroatoms. The molecule has 2 unspecified atom stereocenters. The zero-order valence-corrected chi connectivity index (χ0v) is 9.48. The van der Waals surface area contributed by atoms with Gasteiger partial charge in [-0.25, -0.2) is 0 Å². The number of carboxylic acid groups (broad SMARTS) is 1. The van der Waals surface area contributed by atoms with Gasteiger partial charge in [-0.1, -0.05) is 12.2 Å². The van der Waals surface area contributed by atoms with Crippen LogP contribution in [-0.4, -0.2) is 23.0 Å². The van der Waals surface area contributed by atoms with Crippen LogP contribution in [-0.2, 0) is 4.79 Å². The number of rotatable bonds is 3. The van der Waals surface area contributed by atoms with Crippen LogP contribution in [0.1, 0.15) is 16.8 Å². The first-order valence-corrected chi connectivity index (χ1v) is 5.40. The molecule has 0 bridgehead atoms. The SMILES string of the molecule is O=C(NC1C=CC(C(=O)O)C1)c1ccoc1Cl. The second-order valence-corrected chi connectivity index (χ2v) is 4.10. The van der Waals surface area contributed by atoms with E-state index in [9.17, 15) is 9.59 Å². The van der Waals surface area contributed by atoms with E-state index in [1.165, 1.54) is 12.3 Å². The maximum Gasteiger partial charge on any atom is 0.310 e. The first kappa shape index (κ1) is 11.7. The molecule has 0 aliphatic heterocycles. The highest BCUT2D eigenvalue weighted by atomic mass is 35.5. The molecule has 0 aromatic carbocycles. The lowest BCUT2D eigenvalue weighted by Gasteiger charge is -2.11. The van der Waals surface area contributed by atoms with Crippen molar-refractivity contribution in [3.8, 4) is 0 Å². The second-order valence-electron chi connectivity index (χ2n) is 3.75. The van der Waals surface area contributed by atoms with E-state index in [1.54, 1.807) is 12.2 Å². The molecule has 17 heavy (non-hydrogen) atoms. The predicted molar refractivity (Wildman–Crippen MR) is 59.9 cm³/mol. The number of amides is 1. The molecule has 2 rings (SSSR count). The predicted octanol–water partition coefficient (Wildman–Crippen LogP) is 1.69. The molecule has 5 nitrogen and oxygen atoms in total. The molecule has 0 saturated heterocycles. The first-order valence-electron chi connectivity index (χ1n) is 5.03. The third kappa shape index (κ3) is 2.50. The van der Waals surface area contributed by atoms with E-state index < -0.39 is 11.9 Å². The van der Waals surface area contributed by atoms with Crippen molar-refractivity contribution >= 4 is 23.5 Å². The number of furan rings is 1. The summed E-state index contributed by atoms with van der Waals surface area (Å²) in [7, 11) is 0. The Bertz CT molecular complexity index is 480. The quantitative estimate of drug-likeness (QED) is 0.806. The Labute approximate surface area is 102 Å². The van der Waals surface area contributed by atoms with Crippen molar-refractivity contribution in [2.45, 2.75) is 12.5 Å². The van der Waals surface area contributed by atoms with Crippen LogP contribution in [0.25, 0.3) is 0 Å². The standard InChI is InChI=1S/C11H10ClNO4/c12-9-8(3-4-17-9)10(14)13-7-2-1-6(5-7)11(15)16/h1-4,6-7H,5H2,(H,13,14)(H,15,16). The Morgan fingerprint density at radius 3 is 2.76 bits per heavy atom. The summed E-state index contributed by atoms with van der Waals surface area (Å²) in [5.41, 5.74) is 0.249. The summed E-state index contributed by atoms with van der Waals surface area (Å²) >= 11 is 5.66. The summed E-state index contributed by atoms with van der Waals surface area (Å²) in [4.78, 5) is 22.4. The highest BCUT2D eigenvalue weighted by Gasteiger charge is 2.26. The van der Waals surface area contributed by atoms with Gasteiger partial charge in [0.15, 0.2) is 0 Å². The van der Waals surface area contributed by atoms with Gasteiger partial charge in [0, 0.05) is 6.04 Å². The lowest BCUT2D eigenvalue weighted by Crippen LogP contribution is -2.33. The fraction of sp³-hybridized carbons (Fsp3) is 0.273. The van der Waals surface area contributed by atoms with E-state index in [4.69, 9.17) is 21.1 Å². The highest BCUT2D eigenvalue weighted by Crippen LogP contribution is 2.20. The number of carbonyl (C=O) groups excluding carboxylic acids is 1. The van der Waals surface area contributed by atoms with Gasteiger partial charge in [-0.05, 0) is 24.1 Å². The molecule has 1 amide bonds. The van der Waals surface area contributed by atoms with Gasteiger partial charge in [0.1, 0.15) is 0 Å². The number of hydrogen-bond acceptors (Lipinski definition) is 3. The fourth-order valence-corrected chi connectivity index (χ4v) is 1.89. The van der Waals surface area contributed by atoms with E-state index in [-0.39, 0.29) is 22.7 Å². The van der Waals surface area contributed by atoms with E-state index in [0.29, 0.717) is 6.42 Å². The van der Waals surface area contributed by atoms with Crippen molar-refractivity contribution in [2.75, 3.05) is 0 Å². The molecule has 1 aliphatic rings. The lowest BCUT2D eigenvalue weighted by atomic mass is 10.1. The van der Waals surface area contributed by atoms with Crippen molar-refractivity contribution in [2.24, 2.45) is 5.92 Å². The van der Waals surface area contributed by atoms with E-state index in [2.05, 4.69) is 5.32 Å². The minimum absolute atomic E-state index is 0.0271. The molecule has 1 heterocycles. The van der Waals surface area contributed by atoms with Crippen LogP contribution in [0.4, 0.5) is 0 Å². The summed E-state index contributed by atoms with van der Waals surface area (Å²) in [6.45, 7) is 0. The highest BCUT2D eigenvalue weighted by molar-refractivity contribution is 6.32. The summed E-state index contributed by atoms with van der Waals surface area (Å²) in [5, 5.41) is 11.5. The molecule has 0 spiro atoms. The van der Waals surface area contributed by atoms with Gasteiger partial charge in [0.25, 0.3) is 5.91 Å². The maximum absolute atomic E-state index is 11.7. The first-order chi connectivity index (χ1) is 8.08. The summed E-state index contributed by atoms with van der Waals surface area (Å²) in [6, 6.07) is 1.18. The van der Waals surface area contributed by atoms with E-state index >= 15 is 0 Å². The fourth-order valence-electron chi connectivity index (χ4n) is 1.69. The van der Waals surface area contributed by atoms with Crippen LogP contribution in [0.15, 0.2) is 28.9 Å². The maximum atomic E-state index is 11.7. The Morgan fingerprint density at radius 2 is 2.24 bits per heavy atom. The third-order valence-electron chi connectivity index (χ3n) is 2.58. The van der Waals surface area contributed by atoms with Gasteiger partial charge < -0.3 is 14.8 Å². The zero-order valence-electron chi connectivity index (χ0n) is 8.72. The van der Waals surface area contributed by atoms with Gasteiger partial charge in [0.05, 0.1) is 17.7 Å². The molecule has 1 aromatic heterocycles. The van der Waals surface area contributed by atoms with E-state index in [0.717, 1.165) is 0 Å². The summed E-state index contributed by atoms with van der Waals surface area (Å²) in [5.74, 6) is -1.80. The van der Waals surface area contributed by atoms with Crippen LogP contribution >= 0.6 is 11.6 Å². The molecule has 0 fully saturated rings. The van der Waals surface area contributed by atoms with Crippen molar-refractivity contribution in [3.05, 3.63) is 35.3 Å². The summed E-state index contributed by atoms with van der Waals surface area (Å²) in [6.07, 6.45) is 4.92. The molecule has 0 saturated carbocycles. The lowest BCUT2D eigenvalue weighted by molar-refractivity contribution is -0.140. The zero-order chi connectivity index (χ0) is 12.4. The monoisotopic (exact) mass is 255 g/mol. The number of aliphatic carboxylic acids is 1. The van der Waals surface area contributed by atoms with Crippen LogP contribution in [0.3, 0.4) is 0 Å². The molecule has 90 valence electrons. The van der Waals surface area contributed by atoms with Crippen molar-refractivity contribution in [1.82, 2.24) is 5.32 Å². The average Bonchev–Trinajstić information content (AvgIpc) is 2.86. The molecular weight excluding hydrogens is 246 g/mol. The number of nitrogens with one attached hydrogen (secondary N) is 1. The smallest absolute Gasteiger partial charge is 0.310 e. The molecular formula is C11H10ClNO4. The van der Waals surface area contributed by atoms with Gasteiger partial charge >= 0.3 is 5.97 Å². The Kier molecular flexibility index (Phi) is 3.19. The van der Waals surface area contributed by atoms with Gasteiger partial charge in [-0.15, -0.1) is 0 Å². The molecule has 1 aromatic rings. The largest absolute Gasteiger partial charge is 0.481 e. The van der Waals surface area contributed by atoms with Gasteiger partial charge in [0.2, 0.25) is 5.22 Å². The minimum atomic E-state index is -0.889. The van der Waals surface area contributed by atoms with E-state index in [1.807, 2.05) is 0 Å². The van der Waals surface area contributed by atoms with Gasteiger partial charge in [-0.3, -0.25) is 9.59 Å².